The normalized spacial score (nSPS) is 10.7. The Hall–Kier alpha value is -1.26. The van der Waals surface area contributed by atoms with Crippen LogP contribution >= 0.6 is 12.4 Å². The Morgan fingerprint density at radius 3 is 2.50 bits per heavy atom. The second-order valence-electron chi connectivity index (χ2n) is 5.43. The van der Waals surface area contributed by atoms with E-state index in [1.807, 2.05) is 45.0 Å². The Bertz CT molecular complexity index is 436. The van der Waals surface area contributed by atoms with E-state index in [4.69, 9.17) is 10.5 Å². The van der Waals surface area contributed by atoms with Crippen molar-refractivity contribution >= 4 is 18.3 Å². The number of nitrogens with two attached hydrogens (primary N) is 1. The van der Waals surface area contributed by atoms with E-state index in [0.717, 1.165) is 11.3 Å². The number of aryl methyl sites for hydroxylation is 1. The standard InChI is InChI=1S/C15H24N2O2.ClH/c1-12-7-5-6-8-13(12)19-10-9-17(4)14(18)15(2,3)11-16;/h5-8H,9-11,16H2,1-4H3;1H. The van der Waals surface area contributed by atoms with Crippen LogP contribution in [0.1, 0.15) is 19.4 Å². The molecule has 1 amide bonds. The van der Waals surface area contributed by atoms with E-state index < -0.39 is 5.41 Å². The minimum atomic E-state index is -0.516. The Labute approximate surface area is 127 Å². The summed E-state index contributed by atoms with van der Waals surface area (Å²) in [5.74, 6) is 0.907. The van der Waals surface area contributed by atoms with Gasteiger partial charge in [0.2, 0.25) is 5.91 Å². The largest absolute Gasteiger partial charge is 0.491 e. The van der Waals surface area contributed by atoms with Crippen LogP contribution in [0.25, 0.3) is 0 Å². The summed E-state index contributed by atoms with van der Waals surface area (Å²) >= 11 is 0. The van der Waals surface area contributed by atoms with E-state index in [1.165, 1.54) is 0 Å². The fourth-order valence-corrected chi connectivity index (χ4v) is 1.72. The molecule has 1 aromatic rings. The van der Waals surface area contributed by atoms with Crippen LogP contribution in [0.3, 0.4) is 0 Å². The zero-order valence-electron chi connectivity index (χ0n) is 12.7. The number of amides is 1. The van der Waals surface area contributed by atoms with Gasteiger partial charge in [0.1, 0.15) is 12.4 Å². The first-order valence-electron chi connectivity index (χ1n) is 6.52. The Morgan fingerprint density at radius 1 is 1.35 bits per heavy atom. The second kappa shape index (κ2) is 8.12. The number of benzene rings is 1. The Morgan fingerprint density at radius 2 is 1.95 bits per heavy atom. The number of hydrogen-bond donors (Lipinski definition) is 1. The van der Waals surface area contributed by atoms with Crippen LogP contribution in [0.15, 0.2) is 24.3 Å². The molecule has 0 spiro atoms. The highest BCUT2D eigenvalue weighted by Gasteiger charge is 2.28. The average molecular weight is 301 g/mol. The third-order valence-electron chi connectivity index (χ3n) is 3.21. The van der Waals surface area contributed by atoms with Crippen LogP contribution in [0.4, 0.5) is 0 Å². The lowest BCUT2D eigenvalue weighted by atomic mass is 9.92. The fraction of sp³-hybridized carbons (Fsp3) is 0.533. The Balaban J connectivity index is 0.00000361. The van der Waals surface area contributed by atoms with Gasteiger partial charge in [-0.05, 0) is 32.4 Å². The number of carbonyl (C=O) groups is 1. The summed E-state index contributed by atoms with van der Waals surface area (Å²) in [5, 5.41) is 0. The molecule has 20 heavy (non-hydrogen) atoms. The van der Waals surface area contributed by atoms with Gasteiger partial charge >= 0.3 is 0 Å². The molecule has 0 bridgehead atoms. The molecule has 0 saturated carbocycles. The minimum absolute atomic E-state index is 0. The molecule has 0 radical (unpaired) electrons. The third-order valence-corrected chi connectivity index (χ3v) is 3.21. The zero-order valence-corrected chi connectivity index (χ0v) is 13.5. The second-order valence-corrected chi connectivity index (χ2v) is 5.43. The average Bonchev–Trinajstić information content (AvgIpc) is 2.39. The number of rotatable bonds is 6. The van der Waals surface area contributed by atoms with Crippen molar-refractivity contribution in [2.45, 2.75) is 20.8 Å². The predicted octanol–water partition coefficient (Wildman–Crippen LogP) is 2.24. The summed E-state index contributed by atoms with van der Waals surface area (Å²) in [4.78, 5) is 13.8. The molecule has 1 rings (SSSR count). The van der Waals surface area contributed by atoms with Gasteiger partial charge in [-0.25, -0.2) is 0 Å². The van der Waals surface area contributed by atoms with Gasteiger partial charge in [-0.1, -0.05) is 18.2 Å². The van der Waals surface area contributed by atoms with E-state index in [9.17, 15) is 4.79 Å². The molecule has 0 aliphatic heterocycles. The molecule has 0 saturated heterocycles. The highest BCUT2D eigenvalue weighted by atomic mass is 35.5. The maximum atomic E-state index is 12.1. The topological polar surface area (TPSA) is 55.6 Å². The van der Waals surface area contributed by atoms with Crippen molar-refractivity contribution in [3.8, 4) is 5.75 Å². The van der Waals surface area contributed by atoms with Crippen LogP contribution < -0.4 is 10.5 Å². The smallest absolute Gasteiger partial charge is 0.229 e. The quantitative estimate of drug-likeness (QED) is 0.876. The van der Waals surface area contributed by atoms with Crippen molar-refractivity contribution in [3.63, 3.8) is 0 Å². The number of likely N-dealkylation sites (N-methyl/N-ethyl adjacent to an activating group) is 1. The summed E-state index contributed by atoms with van der Waals surface area (Å²) in [6.07, 6.45) is 0. The number of halogens is 1. The molecule has 5 heteroatoms. The molecule has 4 nitrogen and oxygen atoms in total. The SMILES string of the molecule is Cc1ccccc1OCCN(C)C(=O)C(C)(C)CN.Cl. The summed E-state index contributed by atoms with van der Waals surface area (Å²) in [6.45, 7) is 7.09. The van der Waals surface area contributed by atoms with Gasteiger partial charge in [-0.15, -0.1) is 12.4 Å². The van der Waals surface area contributed by atoms with E-state index in [0.29, 0.717) is 19.7 Å². The molecule has 0 fully saturated rings. The Kier molecular flexibility index (Phi) is 7.61. The molecule has 0 unspecified atom stereocenters. The monoisotopic (exact) mass is 300 g/mol. The highest BCUT2D eigenvalue weighted by molar-refractivity contribution is 5.85. The lowest BCUT2D eigenvalue weighted by molar-refractivity contribution is -0.138. The van der Waals surface area contributed by atoms with E-state index in [1.54, 1.807) is 11.9 Å². The number of para-hydroxylation sites is 1. The van der Waals surface area contributed by atoms with Crippen LogP contribution in [0.5, 0.6) is 5.75 Å². The lowest BCUT2D eigenvalue weighted by Crippen LogP contribution is -2.44. The first-order chi connectivity index (χ1) is 8.88. The molecule has 114 valence electrons. The van der Waals surface area contributed by atoms with Gasteiger partial charge in [0.05, 0.1) is 12.0 Å². The van der Waals surface area contributed by atoms with Crippen molar-refractivity contribution in [2.24, 2.45) is 11.1 Å². The van der Waals surface area contributed by atoms with E-state index in [2.05, 4.69) is 0 Å². The molecule has 2 N–H and O–H groups in total. The van der Waals surface area contributed by atoms with Crippen molar-refractivity contribution in [1.29, 1.82) is 0 Å². The molecular formula is C15H25ClN2O2. The maximum absolute atomic E-state index is 12.1. The predicted molar refractivity (Wildman–Crippen MR) is 84.4 cm³/mol. The molecule has 0 heterocycles. The van der Waals surface area contributed by atoms with Gasteiger partial charge in [0.25, 0.3) is 0 Å². The van der Waals surface area contributed by atoms with Crippen LogP contribution in [-0.4, -0.2) is 37.6 Å². The molecule has 1 aromatic carbocycles. The van der Waals surface area contributed by atoms with Crippen LogP contribution in [0.2, 0.25) is 0 Å². The first kappa shape index (κ1) is 18.7. The molecule has 0 atom stereocenters. The van der Waals surface area contributed by atoms with Gasteiger partial charge in [-0.2, -0.15) is 0 Å². The number of ether oxygens (including phenoxy) is 1. The van der Waals surface area contributed by atoms with E-state index in [-0.39, 0.29) is 18.3 Å². The molecule has 0 aliphatic carbocycles. The van der Waals surface area contributed by atoms with Crippen molar-refractivity contribution in [1.82, 2.24) is 4.90 Å². The van der Waals surface area contributed by atoms with Crippen molar-refractivity contribution < 1.29 is 9.53 Å². The third kappa shape index (κ3) is 5.02. The summed E-state index contributed by atoms with van der Waals surface area (Å²) in [5.41, 5.74) is 6.19. The number of carbonyl (C=O) groups excluding carboxylic acids is 1. The molecular weight excluding hydrogens is 276 g/mol. The summed E-state index contributed by atoms with van der Waals surface area (Å²) in [7, 11) is 1.78. The minimum Gasteiger partial charge on any atom is -0.491 e. The van der Waals surface area contributed by atoms with Gasteiger partial charge in [0.15, 0.2) is 0 Å². The fourth-order valence-electron chi connectivity index (χ4n) is 1.72. The lowest BCUT2D eigenvalue weighted by Gasteiger charge is -2.28. The number of nitrogens with zero attached hydrogens (tertiary/aromatic N) is 1. The zero-order chi connectivity index (χ0) is 14.5. The molecule has 0 aliphatic rings. The van der Waals surface area contributed by atoms with Gasteiger partial charge in [-0.3, -0.25) is 4.79 Å². The molecule has 0 aromatic heterocycles. The summed E-state index contributed by atoms with van der Waals surface area (Å²) in [6, 6.07) is 7.85. The number of hydrogen-bond acceptors (Lipinski definition) is 3. The van der Waals surface area contributed by atoms with Crippen LogP contribution in [0, 0.1) is 12.3 Å². The summed E-state index contributed by atoms with van der Waals surface area (Å²) < 4.78 is 5.68. The van der Waals surface area contributed by atoms with Gasteiger partial charge in [0, 0.05) is 13.6 Å². The van der Waals surface area contributed by atoms with Crippen molar-refractivity contribution in [3.05, 3.63) is 29.8 Å². The highest BCUT2D eigenvalue weighted by Crippen LogP contribution is 2.17. The van der Waals surface area contributed by atoms with Crippen LogP contribution in [-0.2, 0) is 4.79 Å². The van der Waals surface area contributed by atoms with E-state index >= 15 is 0 Å². The van der Waals surface area contributed by atoms with Gasteiger partial charge < -0.3 is 15.4 Å². The first-order valence-corrected chi connectivity index (χ1v) is 6.52. The maximum Gasteiger partial charge on any atom is 0.229 e. The van der Waals surface area contributed by atoms with Crippen molar-refractivity contribution in [2.75, 3.05) is 26.7 Å².